The normalized spacial score (nSPS) is 16.2. The quantitative estimate of drug-likeness (QED) is 0.407. The summed E-state index contributed by atoms with van der Waals surface area (Å²) in [5.41, 5.74) is 3.18. The molecule has 0 radical (unpaired) electrons. The largest absolute Gasteiger partial charge is 0.362 e. The van der Waals surface area contributed by atoms with E-state index in [1.165, 1.54) is 4.90 Å². The average molecular weight is 236 g/mol. The number of pyridine rings is 1. The number of ether oxygens (including phenoxy) is 1. The van der Waals surface area contributed by atoms with Gasteiger partial charge in [-0.05, 0) is 17.7 Å². The molecular weight excluding hydrogens is 224 g/mol. The Balaban J connectivity index is 2.13. The number of nitrogens with zero attached hydrogens (tertiary/aromatic N) is 2. The maximum atomic E-state index is 11.5. The van der Waals surface area contributed by atoms with Gasteiger partial charge in [-0.3, -0.25) is 14.5 Å². The number of nitrogen functional groups attached to an aromatic ring is 1. The first-order chi connectivity index (χ1) is 8.20. The first-order valence-corrected chi connectivity index (χ1v) is 5.03. The van der Waals surface area contributed by atoms with Crippen LogP contribution in [0.4, 0.5) is 5.82 Å². The van der Waals surface area contributed by atoms with Gasteiger partial charge in [-0.2, -0.15) is 0 Å². The molecule has 2 rings (SSSR count). The van der Waals surface area contributed by atoms with Crippen molar-refractivity contribution in [3.63, 3.8) is 0 Å². The standard InChI is InChI=1S/C10H12N4O3/c11-13-8-3-7(1-2-12-8)4-14-9(15)5-17-6-10(14)16/h1-3H,4-6,11H2,(H,12,13). The van der Waals surface area contributed by atoms with Crippen LogP contribution in [-0.2, 0) is 20.9 Å². The molecule has 0 spiro atoms. The van der Waals surface area contributed by atoms with E-state index < -0.39 is 0 Å². The molecule has 1 aromatic heterocycles. The van der Waals surface area contributed by atoms with E-state index in [0.29, 0.717) is 5.82 Å². The number of nitrogens with two attached hydrogens (primary N) is 1. The smallest absolute Gasteiger partial charge is 0.255 e. The molecule has 0 unspecified atom stereocenters. The van der Waals surface area contributed by atoms with Crippen LogP contribution < -0.4 is 11.3 Å². The van der Waals surface area contributed by atoms with E-state index >= 15 is 0 Å². The number of aromatic nitrogens is 1. The zero-order valence-corrected chi connectivity index (χ0v) is 9.05. The Kier molecular flexibility index (Phi) is 3.31. The van der Waals surface area contributed by atoms with E-state index in [2.05, 4.69) is 10.4 Å². The summed E-state index contributed by atoms with van der Waals surface area (Å²) in [6.45, 7) is 0.0931. The highest BCUT2D eigenvalue weighted by atomic mass is 16.5. The van der Waals surface area contributed by atoms with E-state index in [0.717, 1.165) is 5.56 Å². The Morgan fingerprint density at radius 2 is 2.12 bits per heavy atom. The predicted molar refractivity (Wildman–Crippen MR) is 58.4 cm³/mol. The maximum absolute atomic E-state index is 11.5. The molecule has 3 N–H and O–H groups in total. The number of hydrogen-bond donors (Lipinski definition) is 2. The molecule has 17 heavy (non-hydrogen) atoms. The van der Waals surface area contributed by atoms with E-state index in [-0.39, 0.29) is 31.6 Å². The van der Waals surface area contributed by atoms with Crippen molar-refractivity contribution in [2.45, 2.75) is 6.54 Å². The van der Waals surface area contributed by atoms with E-state index in [9.17, 15) is 9.59 Å². The fraction of sp³-hybridized carbons (Fsp3) is 0.300. The summed E-state index contributed by atoms with van der Waals surface area (Å²) in [7, 11) is 0. The van der Waals surface area contributed by atoms with Gasteiger partial charge in [0.1, 0.15) is 19.0 Å². The van der Waals surface area contributed by atoms with Gasteiger partial charge in [0.2, 0.25) is 0 Å². The number of nitrogens with one attached hydrogen (secondary N) is 1. The highest BCUT2D eigenvalue weighted by molar-refractivity contribution is 5.98. The Morgan fingerprint density at radius 1 is 1.41 bits per heavy atom. The SMILES string of the molecule is NNc1cc(CN2C(=O)COCC2=O)ccn1. The van der Waals surface area contributed by atoms with Crippen molar-refractivity contribution in [2.24, 2.45) is 5.84 Å². The summed E-state index contributed by atoms with van der Waals surface area (Å²) in [5.74, 6) is 5.04. The summed E-state index contributed by atoms with van der Waals surface area (Å²) in [6.07, 6.45) is 1.56. The molecule has 7 heteroatoms. The highest BCUT2D eigenvalue weighted by Crippen LogP contribution is 2.11. The molecule has 0 aliphatic carbocycles. The van der Waals surface area contributed by atoms with E-state index in [1.54, 1.807) is 18.3 Å². The van der Waals surface area contributed by atoms with Gasteiger partial charge in [-0.15, -0.1) is 0 Å². The molecule has 0 aromatic carbocycles. The minimum Gasteiger partial charge on any atom is -0.362 e. The molecule has 1 aliphatic rings. The molecule has 0 saturated carbocycles. The van der Waals surface area contributed by atoms with Crippen molar-refractivity contribution in [3.05, 3.63) is 23.9 Å². The van der Waals surface area contributed by atoms with Crippen LogP contribution in [0, 0.1) is 0 Å². The number of hydrogen-bond acceptors (Lipinski definition) is 6. The molecule has 7 nitrogen and oxygen atoms in total. The van der Waals surface area contributed by atoms with E-state index in [4.69, 9.17) is 10.6 Å². The fourth-order valence-corrected chi connectivity index (χ4v) is 1.53. The fourth-order valence-electron chi connectivity index (χ4n) is 1.53. The maximum Gasteiger partial charge on any atom is 0.255 e. The van der Waals surface area contributed by atoms with Crippen LogP contribution in [0.5, 0.6) is 0 Å². The first-order valence-electron chi connectivity index (χ1n) is 5.03. The average Bonchev–Trinajstić information content (AvgIpc) is 2.34. The second-order valence-corrected chi connectivity index (χ2v) is 3.56. The minimum atomic E-state index is -0.333. The Hall–Kier alpha value is -1.99. The molecule has 0 atom stereocenters. The third kappa shape index (κ3) is 2.58. The molecule has 2 heterocycles. The monoisotopic (exact) mass is 236 g/mol. The molecule has 1 aliphatic heterocycles. The van der Waals surface area contributed by atoms with Gasteiger partial charge in [-0.25, -0.2) is 10.8 Å². The summed E-state index contributed by atoms with van der Waals surface area (Å²) in [4.78, 5) is 28.1. The Morgan fingerprint density at radius 3 is 2.76 bits per heavy atom. The summed E-state index contributed by atoms with van der Waals surface area (Å²) >= 11 is 0. The predicted octanol–water partition coefficient (Wildman–Crippen LogP) is -0.747. The van der Waals surface area contributed by atoms with Crippen molar-refractivity contribution in [1.29, 1.82) is 0 Å². The lowest BCUT2D eigenvalue weighted by molar-refractivity contribution is -0.159. The zero-order valence-electron chi connectivity index (χ0n) is 9.05. The van der Waals surface area contributed by atoms with Crippen LogP contribution in [0.25, 0.3) is 0 Å². The molecular formula is C10H12N4O3. The number of amides is 2. The number of carbonyl (C=O) groups excluding carboxylic acids is 2. The Labute approximate surface area is 97.5 Å². The highest BCUT2D eigenvalue weighted by Gasteiger charge is 2.26. The van der Waals surface area contributed by atoms with Gasteiger partial charge < -0.3 is 10.2 Å². The van der Waals surface area contributed by atoms with Crippen LogP contribution in [0.15, 0.2) is 18.3 Å². The molecule has 1 fully saturated rings. The molecule has 1 saturated heterocycles. The lowest BCUT2D eigenvalue weighted by atomic mass is 10.2. The van der Waals surface area contributed by atoms with Crippen LogP contribution in [0.3, 0.4) is 0 Å². The molecule has 0 bridgehead atoms. The number of hydrazine groups is 1. The topological polar surface area (TPSA) is 97.5 Å². The Bertz CT molecular complexity index is 433. The van der Waals surface area contributed by atoms with Gasteiger partial charge in [0.25, 0.3) is 11.8 Å². The van der Waals surface area contributed by atoms with Crippen molar-refractivity contribution in [1.82, 2.24) is 9.88 Å². The number of anilines is 1. The lowest BCUT2D eigenvalue weighted by Gasteiger charge is -2.24. The van der Waals surface area contributed by atoms with Gasteiger partial charge in [0.15, 0.2) is 0 Å². The molecule has 1 aromatic rings. The van der Waals surface area contributed by atoms with Crippen LogP contribution in [-0.4, -0.2) is 34.9 Å². The molecule has 2 amide bonds. The third-order valence-electron chi connectivity index (χ3n) is 2.37. The third-order valence-corrected chi connectivity index (χ3v) is 2.37. The van der Waals surface area contributed by atoms with Crippen molar-refractivity contribution in [3.8, 4) is 0 Å². The van der Waals surface area contributed by atoms with Crippen molar-refractivity contribution in [2.75, 3.05) is 18.6 Å². The number of carbonyl (C=O) groups is 2. The van der Waals surface area contributed by atoms with Gasteiger partial charge in [0.05, 0.1) is 6.54 Å². The number of imide groups is 1. The van der Waals surface area contributed by atoms with Crippen molar-refractivity contribution < 1.29 is 14.3 Å². The molecule has 90 valence electrons. The van der Waals surface area contributed by atoms with Crippen LogP contribution >= 0.6 is 0 Å². The summed E-state index contributed by atoms with van der Waals surface area (Å²) < 4.78 is 4.82. The van der Waals surface area contributed by atoms with Gasteiger partial charge in [-0.1, -0.05) is 0 Å². The van der Waals surface area contributed by atoms with Gasteiger partial charge >= 0.3 is 0 Å². The van der Waals surface area contributed by atoms with E-state index in [1.807, 2.05) is 0 Å². The number of morpholine rings is 1. The second kappa shape index (κ2) is 4.89. The summed E-state index contributed by atoms with van der Waals surface area (Å²) in [6, 6.07) is 3.40. The minimum absolute atomic E-state index is 0.0567. The van der Waals surface area contributed by atoms with Crippen LogP contribution in [0.2, 0.25) is 0 Å². The number of rotatable bonds is 3. The van der Waals surface area contributed by atoms with Crippen LogP contribution in [0.1, 0.15) is 5.56 Å². The first kappa shape index (κ1) is 11.5. The lowest BCUT2D eigenvalue weighted by Crippen LogP contribution is -2.45. The van der Waals surface area contributed by atoms with Crippen molar-refractivity contribution >= 4 is 17.6 Å². The zero-order chi connectivity index (χ0) is 12.3. The van der Waals surface area contributed by atoms with Gasteiger partial charge in [0, 0.05) is 6.20 Å². The summed E-state index contributed by atoms with van der Waals surface area (Å²) in [5, 5.41) is 0. The second-order valence-electron chi connectivity index (χ2n) is 3.56.